The maximum atomic E-state index is 11.1. The molecule has 0 aromatic heterocycles. The summed E-state index contributed by atoms with van der Waals surface area (Å²) in [7, 11) is 1.65. The molecular weight excluding hydrogens is 268 g/mol. The Bertz CT molecular complexity index is 237. The van der Waals surface area contributed by atoms with E-state index >= 15 is 0 Å². The van der Waals surface area contributed by atoms with Crippen LogP contribution < -0.4 is 0 Å². The molecule has 0 saturated heterocycles. The first-order valence-electron chi connectivity index (χ1n) is 6.52. The Balaban J connectivity index is 3.60. The van der Waals surface area contributed by atoms with Gasteiger partial charge in [-0.15, -0.1) is 0 Å². The van der Waals surface area contributed by atoms with Gasteiger partial charge in [-0.2, -0.15) is 12.6 Å². The van der Waals surface area contributed by atoms with Gasteiger partial charge in [0.15, 0.2) is 0 Å². The molecule has 0 radical (unpaired) electrons. The van der Waals surface area contributed by atoms with E-state index in [1.54, 1.807) is 7.11 Å². The number of rotatable bonds is 11. The fraction of sp³-hybridized carbons (Fsp3) is 0.923. The molecule has 6 heteroatoms. The van der Waals surface area contributed by atoms with Gasteiger partial charge in [0.2, 0.25) is 0 Å². The fourth-order valence-electron chi connectivity index (χ4n) is 1.14. The fourth-order valence-corrected chi connectivity index (χ4v) is 1.32. The van der Waals surface area contributed by atoms with Crippen molar-refractivity contribution in [3.8, 4) is 0 Å². The number of esters is 1. The van der Waals surface area contributed by atoms with Gasteiger partial charge in [0.1, 0.15) is 6.61 Å². The van der Waals surface area contributed by atoms with Gasteiger partial charge in [-0.3, -0.25) is 4.79 Å². The summed E-state index contributed by atoms with van der Waals surface area (Å²) in [5.74, 6) is 0.250. The van der Waals surface area contributed by atoms with Crippen molar-refractivity contribution in [2.24, 2.45) is 0 Å². The van der Waals surface area contributed by atoms with Gasteiger partial charge in [-0.1, -0.05) is 0 Å². The molecule has 0 aromatic carbocycles. The Kier molecular flexibility index (Phi) is 11.3. The summed E-state index contributed by atoms with van der Waals surface area (Å²) in [6, 6.07) is 0. The van der Waals surface area contributed by atoms with Crippen LogP contribution in [0.2, 0.25) is 0 Å². The number of thiol groups is 1. The molecular formula is C13H26O5S. The first-order chi connectivity index (χ1) is 8.99. The normalized spacial score (nSPS) is 15.8. The first-order valence-corrected chi connectivity index (χ1v) is 7.15. The lowest BCUT2D eigenvalue weighted by Gasteiger charge is -2.19. The smallest absolute Gasteiger partial charge is 0.306 e. The second-order valence-electron chi connectivity index (χ2n) is 4.49. The minimum atomic E-state index is -0.247. The predicted molar refractivity (Wildman–Crippen MR) is 76.7 cm³/mol. The van der Waals surface area contributed by atoms with E-state index < -0.39 is 0 Å². The number of hydrogen-bond acceptors (Lipinski definition) is 6. The van der Waals surface area contributed by atoms with Gasteiger partial charge in [0.25, 0.3) is 0 Å². The van der Waals surface area contributed by atoms with Crippen molar-refractivity contribution in [1.82, 2.24) is 0 Å². The van der Waals surface area contributed by atoms with Crippen molar-refractivity contribution in [3.05, 3.63) is 0 Å². The van der Waals surface area contributed by atoms with Crippen molar-refractivity contribution in [2.45, 2.75) is 45.5 Å². The van der Waals surface area contributed by atoms with Crippen molar-refractivity contribution < 1.29 is 23.7 Å². The molecule has 0 fully saturated rings. The summed E-state index contributed by atoms with van der Waals surface area (Å²) >= 11 is 3.96. The van der Waals surface area contributed by atoms with Crippen LogP contribution in [0.25, 0.3) is 0 Å². The van der Waals surface area contributed by atoms with E-state index in [1.165, 1.54) is 0 Å². The number of methoxy groups -OCH3 is 1. The van der Waals surface area contributed by atoms with Gasteiger partial charge in [-0.05, 0) is 20.8 Å². The van der Waals surface area contributed by atoms with Crippen LogP contribution in [0.3, 0.4) is 0 Å². The summed E-state index contributed by atoms with van der Waals surface area (Å²) in [6.45, 7) is 6.99. The SMILES string of the molecule is COC(C)COC(C)COC(C)COC(=O)CCS. The Morgan fingerprint density at radius 1 is 1.00 bits per heavy atom. The Hall–Kier alpha value is -0.300. The van der Waals surface area contributed by atoms with Crippen LogP contribution >= 0.6 is 12.6 Å². The molecule has 19 heavy (non-hydrogen) atoms. The molecule has 0 spiro atoms. The average molecular weight is 294 g/mol. The highest BCUT2D eigenvalue weighted by Crippen LogP contribution is 2.00. The Morgan fingerprint density at radius 3 is 2.05 bits per heavy atom. The molecule has 0 saturated carbocycles. The van der Waals surface area contributed by atoms with E-state index in [0.717, 1.165) is 0 Å². The maximum Gasteiger partial charge on any atom is 0.306 e. The van der Waals surface area contributed by atoms with Crippen LogP contribution in [0.15, 0.2) is 0 Å². The molecule has 3 unspecified atom stereocenters. The molecule has 0 aliphatic heterocycles. The van der Waals surface area contributed by atoms with E-state index in [9.17, 15) is 4.79 Å². The molecule has 0 bridgehead atoms. The van der Waals surface area contributed by atoms with Crippen LogP contribution in [0.4, 0.5) is 0 Å². The molecule has 0 aliphatic rings. The summed E-state index contributed by atoms with van der Waals surface area (Å²) in [6.07, 6.45) is 0.231. The standard InChI is InChI=1S/C13H26O5S/c1-10(15-4)7-16-11(2)8-17-12(3)9-18-13(14)5-6-19/h10-12,19H,5-9H2,1-4H3. The molecule has 0 heterocycles. The lowest BCUT2D eigenvalue weighted by atomic mass is 10.4. The first kappa shape index (κ1) is 18.7. The summed E-state index contributed by atoms with van der Waals surface area (Å²) in [5.41, 5.74) is 0. The molecule has 0 aromatic rings. The summed E-state index contributed by atoms with van der Waals surface area (Å²) in [4.78, 5) is 11.1. The number of carbonyl (C=O) groups excluding carboxylic acids is 1. The topological polar surface area (TPSA) is 54.0 Å². The molecule has 0 aliphatic carbocycles. The third kappa shape index (κ3) is 11.2. The third-order valence-corrected chi connectivity index (χ3v) is 2.65. The Labute approximate surface area is 121 Å². The number of ether oxygens (including phenoxy) is 4. The predicted octanol–water partition coefficient (Wildman–Crippen LogP) is 1.69. The maximum absolute atomic E-state index is 11.1. The summed E-state index contributed by atoms with van der Waals surface area (Å²) < 4.78 is 21.2. The highest BCUT2D eigenvalue weighted by atomic mass is 32.1. The number of hydrogen-bond donors (Lipinski definition) is 1. The van der Waals surface area contributed by atoms with Gasteiger partial charge in [0.05, 0.1) is 37.9 Å². The van der Waals surface area contributed by atoms with Gasteiger partial charge in [-0.25, -0.2) is 0 Å². The van der Waals surface area contributed by atoms with Crippen LogP contribution in [0, 0.1) is 0 Å². The van der Waals surface area contributed by atoms with Crippen LogP contribution in [0.1, 0.15) is 27.2 Å². The van der Waals surface area contributed by atoms with Crippen LogP contribution in [-0.2, 0) is 23.7 Å². The zero-order chi connectivity index (χ0) is 14.7. The van der Waals surface area contributed by atoms with Crippen LogP contribution in [0.5, 0.6) is 0 Å². The molecule has 0 rings (SSSR count). The third-order valence-electron chi connectivity index (χ3n) is 2.43. The molecule has 0 amide bonds. The van der Waals surface area contributed by atoms with Gasteiger partial charge >= 0.3 is 5.97 Å². The van der Waals surface area contributed by atoms with Crippen molar-refractivity contribution in [2.75, 3.05) is 32.7 Å². The second kappa shape index (κ2) is 11.5. The van der Waals surface area contributed by atoms with E-state index in [1.807, 2.05) is 20.8 Å². The minimum absolute atomic E-state index is 0.0202. The van der Waals surface area contributed by atoms with E-state index in [-0.39, 0.29) is 30.9 Å². The van der Waals surface area contributed by atoms with Crippen molar-refractivity contribution in [3.63, 3.8) is 0 Å². The van der Waals surface area contributed by atoms with E-state index in [4.69, 9.17) is 18.9 Å². The van der Waals surface area contributed by atoms with E-state index in [2.05, 4.69) is 12.6 Å². The second-order valence-corrected chi connectivity index (χ2v) is 4.94. The molecule has 3 atom stereocenters. The minimum Gasteiger partial charge on any atom is -0.463 e. The zero-order valence-corrected chi connectivity index (χ0v) is 13.2. The Morgan fingerprint density at radius 2 is 1.53 bits per heavy atom. The highest BCUT2D eigenvalue weighted by molar-refractivity contribution is 7.80. The monoisotopic (exact) mass is 294 g/mol. The zero-order valence-electron chi connectivity index (χ0n) is 12.3. The van der Waals surface area contributed by atoms with Crippen molar-refractivity contribution in [1.29, 1.82) is 0 Å². The summed E-state index contributed by atoms with van der Waals surface area (Å²) in [5, 5.41) is 0. The van der Waals surface area contributed by atoms with Gasteiger partial charge < -0.3 is 18.9 Å². The molecule has 114 valence electrons. The van der Waals surface area contributed by atoms with Crippen LogP contribution in [-0.4, -0.2) is 57.0 Å². The van der Waals surface area contributed by atoms with Crippen molar-refractivity contribution >= 4 is 18.6 Å². The lowest BCUT2D eigenvalue weighted by Crippen LogP contribution is -2.26. The largest absolute Gasteiger partial charge is 0.463 e. The average Bonchev–Trinajstić information content (AvgIpc) is 2.40. The highest BCUT2D eigenvalue weighted by Gasteiger charge is 2.10. The van der Waals surface area contributed by atoms with Gasteiger partial charge in [0, 0.05) is 12.9 Å². The number of carbonyl (C=O) groups is 1. The molecule has 5 nitrogen and oxygen atoms in total. The lowest BCUT2D eigenvalue weighted by molar-refractivity contribution is -0.148. The quantitative estimate of drug-likeness (QED) is 0.464. The van der Waals surface area contributed by atoms with E-state index in [0.29, 0.717) is 25.4 Å². The molecule has 0 N–H and O–H groups in total.